The Kier molecular flexibility index (Phi) is 4.10. The van der Waals surface area contributed by atoms with Gasteiger partial charge in [0.15, 0.2) is 0 Å². The maximum atomic E-state index is 6.09. The van der Waals surface area contributed by atoms with Crippen molar-refractivity contribution < 1.29 is 0 Å². The van der Waals surface area contributed by atoms with E-state index in [4.69, 9.17) is 23.2 Å². The normalized spacial score (nSPS) is 10.5. The maximum Gasteiger partial charge on any atom is 0.135 e. The number of nitrogens with zero attached hydrogens (tertiary/aromatic N) is 2. The lowest BCUT2D eigenvalue weighted by atomic mass is 10.2. The van der Waals surface area contributed by atoms with Crippen molar-refractivity contribution >= 4 is 50.6 Å². The largest absolute Gasteiger partial charge is 0.339 e. The van der Waals surface area contributed by atoms with E-state index in [0.717, 1.165) is 15.7 Å². The molecule has 1 aromatic carbocycles. The van der Waals surface area contributed by atoms with E-state index in [1.165, 1.54) is 0 Å². The summed E-state index contributed by atoms with van der Waals surface area (Å²) in [6, 6.07) is 5.45. The quantitative estimate of drug-likeness (QED) is 0.785. The molecule has 0 fully saturated rings. The number of nitrogens with one attached hydrogen (secondary N) is 1. The first-order chi connectivity index (χ1) is 8.45. The molecule has 94 valence electrons. The second-order valence-electron chi connectivity index (χ2n) is 3.83. The SMILES string of the molecule is Cc1nc(Cl)cc(Nc2cc(Cl)c(C)cc2Br)n1. The van der Waals surface area contributed by atoms with E-state index < -0.39 is 0 Å². The summed E-state index contributed by atoms with van der Waals surface area (Å²) in [6.45, 7) is 3.73. The number of rotatable bonds is 2. The number of anilines is 2. The molecule has 6 heteroatoms. The molecule has 1 N–H and O–H groups in total. The second kappa shape index (κ2) is 5.43. The Labute approximate surface area is 124 Å². The Morgan fingerprint density at radius 3 is 2.50 bits per heavy atom. The zero-order valence-corrected chi connectivity index (χ0v) is 12.9. The Morgan fingerprint density at radius 1 is 1.11 bits per heavy atom. The number of benzene rings is 1. The van der Waals surface area contributed by atoms with Gasteiger partial charge in [0.2, 0.25) is 0 Å². The van der Waals surface area contributed by atoms with Crippen molar-refractivity contribution in [3.63, 3.8) is 0 Å². The van der Waals surface area contributed by atoms with E-state index in [1.54, 1.807) is 13.0 Å². The Bertz CT molecular complexity index is 582. The minimum atomic E-state index is 0.402. The van der Waals surface area contributed by atoms with Crippen molar-refractivity contribution in [3.05, 3.63) is 44.2 Å². The average Bonchev–Trinajstić information content (AvgIpc) is 2.24. The van der Waals surface area contributed by atoms with E-state index in [9.17, 15) is 0 Å². The van der Waals surface area contributed by atoms with E-state index in [1.807, 2.05) is 19.1 Å². The van der Waals surface area contributed by atoms with Crippen molar-refractivity contribution in [2.45, 2.75) is 13.8 Å². The van der Waals surface area contributed by atoms with Crippen LogP contribution in [-0.4, -0.2) is 9.97 Å². The summed E-state index contributed by atoms with van der Waals surface area (Å²) in [5.41, 5.74) is 1.84. The lowest BCUT2D eigenvalue weighted by Gasteiger charge is -2.10. The van der Waals surface area contributed by atoms with E-state index in [0.29, 0.717) is 21.8 Å². The molecule has 0 unspecified atom stereocenters. The van der Waals surface area contributed by atoms with Crippen molar-refractivity contribution in [2.24, 2.45) is 0 Å². The van der Waals surface area contributed by atoms with E-state index >= 15 is 0 Å². The van der Waals surface area contributed by atoms with Crippen LogP contribution < -0.4 is 5.32 Å². The fourth-order valence-electron chi connectivity index (χ4n) is 1.48. The molecule has 1 heterocycles. The Morgan fingerprint density at radius 2 is 1.83 bits per heavy atom. The summed E-state index contributed by atoms with van der Waals surface area (Å²) in [4.78, 5) is 8.26. The number of hydrogen-bond donors (Lipinski definition) is 1. The lowest BCUT2D eigenvalue weighted by Crippen LogP contribution is -1.98. The molecule has 18 heavy (non-hydrogen) atoms. The predicted molar refractivity (Wildman–Crippen MR) is 79.0 cm³/mol. The first kappa shape index (κ1) is 13.6. The lowest BCUT2D eigenvalue weighted by molar-refractivity contribution is 1.06. The highest BCUT2D eigenvalue weighted by Gasteiger charge is 2.06. The van der Waals surface area contributed by atoms with Gasteiger partial charge in [-0.2, -0.15) is 0 Å². The number of halogens is 3. The fraction of sp³-hybridized carbons (Fsp3) is 0.167. The van der Waals surface area contributed by atoms with Crippen LogP contribution in [0.3, 0.4) is 0 Å². The van der Waals surface area contributed by atoms with Gasteiger partial charge in [0, 0.05) is 15.6 Å². The highest BCUT2D eigenvalue weighted by Crippen LogP contribution is 2.31. The van der Waals surface area contributed by atoms with Crippen LogP contribution in [0.25, 0.3) is 0 Å². The molecular formula is C12H10BrCl2N3. The van der Waals surface area contributed by atoms with Crippen molar-refractivity contribution in [2.75, 3.05) is 5.32 Å². The molecule has 2 aromatic rings. The molecule has 0 radical (unpaired) electrons. The first-order valence-corrected chi connectivity index (χ1v) is 6.74. The van der Waals surface area contributed by atoms with Crippen molar-refractivity contribution in [1.82, 2.24) is 9.97 Å². The van der Waals surface area contributed by atoms with Gasteiger partial charge in [-0.3, -0.25) is 0 Å². The van der Waals surface area contributed by atoms with Crippen molar-refractivity contribution in [3.8, 4) is 0 Å². The molecular weight excluding hydrogens is 337 g/mol. The summed E-state index contributed by atoms with van der Waals surface area (Å²) >= 11 is 15.5. The third kappa shape index (κ3) is 3.13. The van der Waals surface area contributed by atoms with Crippen molar-refractivity contribution in [1.29, 1.82) is 0 Å². The van der Waals surface area contributed by atoms with Gasteiger partial charge < -0.3 is 5.32 Å². The molecule has 0 aliphatic heterocycles. The van der Waals surface area contributed by atoms with Crippen LogP contribution in [0.15, 0.2) is 22.7 Å². The molecule has 0 bridgehead atoms. The van der Waals surface area contributed by atoms with Crippen LogP contribution in [0.2, 0.25) is 10.2 Å². The third-order valence-electron chi connectivity index (χ3n) is 2.32. The van der Waals surface area contributed by atoms with Crippen LogP contribution in [0.4, 0.5) is 11.5 Å². The zero-order chi connectivity index (χ0) is 13.3. The average molecular weight is 347 g/mol. The fourth-order valence-corrected chi connectivity index (χ4v) is 2.42. The smallest absolute Gasteiger partial charge is 0.135 e. The van der Waals surface area contributed by atoms with Crippen LogP contribution in [0.1, 0.15) is 11.4 Å². The molecule has 0 spiro atoms. The molecule has 0 aliphatic rings. The van der Waals surface area contributed by atoms with Gasteiger partial charge in [-0.25, -0.2) is 9.97 Å². The van der Waals surface area contributed by atoms with Crippen LogP contribution in [0.5, 0.6) is 0 Å². The minimum absolute atomic E-state index is 0.402. The molecule has 1 aromatic heterocycles. The Hall–Kier alpha value is -0.840. The molecule has 0 saturated carbocycles. The van der Waals surface area contributed by atoms with E-state index in [2.05, 4.69) is 31.2 Å². The summed E-state index contributed by atoms with van der Waals surface area (Å²) in [5, 5.41) is 4.25. The van der Waals surface area contributed by atoms with Gasteiger partial charge in [0.05, 0.1) is 5.69 Å². The number of hydrogen-bond acceptors (Lipinski definition) is 3. The third-order valence-corrected chi connectivity index (χ3v) is 3.57. The monoisotopic (exact) mass is 345 g/mol. The van der Waals surface area contributed by atoms with E-state index in [-0.39, 0.29) is 0 Å². The van der Waals surface area contributed by atoms with Gasteiger partial charge in [0.25, 0.3) is 0 Å². The molecule has 0 aliphatic carbocycles. The molecule has 2 rings (SSSR count). The Balaban J connectivity index is 2.36. The summed E-state index contributed by atoms with van der Waals surface area (Å²) < 4.78 is 0.914. The molecule has 0 saturated heterocycles. The van der Waals surface area contributed by atoms with Gasteiger partial charge >= 0.3 is 0 Å². The standard InChI is InChI=1S/C12H10BrCl2N3/c1-6-3-8(13)10(4-9(6)14)18-12-5-11(15)16-7(2)17-12/h3-5H,1-2H3,(H,16,17,18). The summed E-state index contributed by atoms with van der Waals surface area (Å²) in [7, 11) is 0. The highest BCUT2D eigenvalue weighted by atomic mass is 79.9. The molecule has 0 amide bonds. The summed E-state index contributed by atoms with van der Waals surface area (Å²) in [6.07, 6.45) is 0. The zero-order valence-electron chi connectivity index (χ0n) is 9.76. The van der Waals surface area contributed by atoms with Gasteiger partial charge in [-0.15, -0.1) is 0 Å². The highest BCUT2D eigenvalue weighted by molar-refractivity contribution is 9.10. The van der Waals surface area contributed by atoms with Crippen LogP contribution in [-0.2, 0) is 0 Å². The molecule has 0 atom stereocenters. The van der Waals surface area contributed by atoms with Gasteiger partial charge in [0.1, 0.15) is 16.8 Å². The number of aromatic nitrogens is 2. The minimum Gasteiger partial charge on any atom is -0.339 e. The number of aryl methyl sites for hydroxylation is 2. The second-order valence-corrected chi connectivity index (χ2v) is 5.48. The topological polar surface area (TPSA) is 37.8 Å². The maximum absolute atomic E-state index is 6.09. The first-order valence-electron chi connectivity index (χ1n) is 5.19. The summed E-state index contributed by atoms with van der Waals surface area (Å²) in [5.74, 6) is 1.24. The van der Waals surface area contributed by atoms with Gasteiger partial charge in [-0.1, -0.05) is 23.2 Å². The predicted octanol–water partition coefficient (Wildman–Crippen LogP) is 4.91. The van der Waals surface area contributed by atoms with Crippen LogP contribution in [0, 0.1) is 13.8 Å². The van der Waals surface area contributed by atoms with Gasteiger partial charge in [-0.05, 0) is 47.5 Å². The van der Waals surface area contributed by atoms with Crippen LogP contribution >= 0.6 is 39.1 Å². The molecule has 3 nitrogen and oxygen atoms in total.